The number of carbonyl (C=O) groups excluding carboxylic acids is 2. The maximum Gasteiger partial charge on any atom is 0.391 e. The monoisotopic (exact) mass is 196 g/mol. The number of alkyl halides is 3. The summed E-state index contributed by atoms with van der Waals surface area (Å²) in [6, 6.07) is -1.48. The van der Waals surface area contributed by atoms with Crippen LogP contribution in [0.4, 0.5) is 13.2 Å². The van der Waals surface area contributed by atoms with Crippen LogP contribution in [0.3, 0.4) is 0 Å². The van der Waals surface area contributed by atoms with E-state index in [0.717, 1.165) is 0 Å². The molecule has 0 aromatic rings. The molecule has 1 rings (SSSR count). The molecule has 1 heterocycles. The molecule has 2 amide bonds. The Labute approximate surface area is 71.5 Å². The third-order valence-corrected chi connectivity index (χ3v) is 1.51. The Morgan fingerprint density at radius 1 is 1.38 bits per heavy atom. The highest BCUT2D eigenvalue weighted by atomic mass is 19.4. The summed E-state index contributed by atoms with van der Waals surface area (Å²) in [5.74, 6) is -1.40. The van der Waals surface area contributed by atoms with E-state index >= 15 is 0 Å². The minimum Gasteiger partial charge on any atom is -0.345 e. The molecule has 74 valence electrons. The lowest BCUT2D eigenvalue weighted by Gasteiger charge is -2.23. The standard InChI is InChI=1S/C6H7F3N2O2/c7-6(8,9)1-3-5(13)10-2-4(12)11-3/h3H,1-2H2,(H,10,13)(H,11,12). The fourth-order valence-electron chi connectivity index (χ4n) is 0.977. The van der Waals surface area contributed by atoms with Crippen molar-refractivity contribution in [3.05, 3.63) is 0 Å². The second kappa shape index (κ2) is 3.23. The van der Waals surface area contributed by atoms with Crippen molar-refractivity contribution in [3.8, 4) is 0 Å². The Morgan fingerprint density at radius 3 is 2.54 bits per heavy atom. The Morgan fingerprint density at radius 2 is 2.00 bits per heavy atom. The number of hydrogen-bond donors (Lipinski definition) is 2. The summed E-state index contributed by atoms with van der Waals surface area (Å²) < 4.78 is 35.4. The average molecular weight is 196 g/mol. The second-order valence-electron chi connectivity index (χ2n) is 2.66. The fourth-order valence-corrected chi connectivity index (χ4v) is 0.977. The quantitative estimate of drug-likeness (QED) is 0.597. The highest BCUT2D eigenvalue weighted by Crippen LogP contribution is 2.21. The molecule has 4 nitrogen and oxygen atoms in total. The number of carbonyl (C=O) groups is 2. The summed E-state index contributed by atoms with van der Waals surface area (Å²) in [4.78, 5) is 21.4. The minimum atomic E-state index is -4.45. The van der Waals surface area contributed by atoms with Crippen LogP contribution in [0.25, 0.3) is 0 Å². The largest absolute Gasteiger partial charge is 0.391 e. The molecule has 1 unspecified atom stereocenters. The molecule has 0 aliphatic carbocycles. The van der Waals surface area contributed by atoms with E-state index in [1.165, 1.54) is 0 Å². The van der Waals surface area contributed by atoms with Crippen LogP contribution in [-0.4, -0.2) is 30.6 Å². The van der Waals surface area contributed by atoms with Gasteiger partial charge in [-0.1, -0.05) is 0 Å². The molecule has 1 fully saturated rings. The summed E-state index contributed by atoms with van der Waals surface area (Å²) in [6.07, 6.45) is -5.78. The van der Waals surface area contributed by atoms with Gasteiger partial charge in [0.05, 0.1) is 13.0 Å². The van der Waals surface area contributed by atoms with E-state index in [1.807, 2.05) is 5.32 Å². The van der Waals surface area contributed by atoms with Gasteiger partial charge in [-0.2, -0.15) is 13.2 Å². The van der Waals surface area contributed by atoms with Gasteiger partial charge in [0.2, 0.25) is 11.8 Å². The van der Waals surface area contributed by atoms with Gasteiger partial charge in [0.1, 0.15) is 6.04 Å². The molecule has 1 aliphatic rings. The SMILES string of the molecule is O=C1CNC(=O)C(CC(F)(F)F)N1. The smallest absolute Gasteiger partial charge is 0.345 e. The van der Waals surface area contributed by atoms with Crippen LogP contribution in [0.5, 0.6) is 0 Å². The molecule has 0 radical (unpaired) electrons. The van der Waals surface area contributed by atoms with Gasteiger partial charge < -0.3 is 10.6 Å². The van der Waals surface area contributed by atoms with Crippen molar-refractivity contribution in [2.45, 2.75) is 18.6 Å². The molecule has 0 aromatic heterocycles. The first kappa shape index (κ1) is 9.82. The van der Waals surface area contributed by atoms with Gasteiger partial charge in [0.15, 0.2) is 0 Å². The van der Waals surface area contributed by atoms with Crippen molar-refractivity contribution in [2.24, 2.45) is 0 Å². The fraction of sp³-hybridized carbons (Fsp3) is 0.667. The van der Waals surface area contributed by atoms with Crippen molar-refractivity contribution in [2.75, 3.05) is 6.54 Å². The molecule has 1 atom stereocenters. The number of nitrogens with one attached hydrogen (secondary N) is 2. The number of rotatable bonds is 1. The van der Waals surface area contributed by atoms with Gasteiger partial charge in [-0.15, -0.1) is 0 Å². The molecule has 13 heavy (non-hydrogen) atoms. The molecule has 2 N–H and O–H groups in total. The van der Waals surface area contributed by atoms with Crippen LogP contribution in [0.15, 0.2) is 0 Å². The summed E-state index contributed by atoms with van der Waals surface area (Å²) >= 11 is 0. The van der Waals surface area contributed by atoms with Crippen molar-refractivity contribution in [1.82, 2.24) is 10.6 Å². The number of halogens is 3. The Kier molecular flexibility index (Phi) is 2.44. The lowest BCUT2D eigenvalue weighted by atomic mass is 10.1. The van der Waals surface area contributed by atoms with Crippen molar-refractivity contribution < 1.29 is 22.8 Å². The zero-order valence-electron chi connectivity index (χ0n) is 6.44. The maximum absolute atomic E-state index is 11.8. The Bertz CT molecular complexity index is 239. The Balaban J connectivity index is 2.57. The van der Waals surface area contributed by atoms with Crippen molar-refractivity contribution in [1.29, 1.82) is 0 Å². The van der Waals surface area contributed by atoms with Gasteiger partial charge >= 0.3 is 6.18 Å². The summed E-state index contributed by atoms with van der Waals surface area (Å²) in [6.45, 7) is -0.257. The van der Waals surface area contributed by atoms with Crippen LogP contribution in [0.2, 0.25) is 0 Å². The van der Waals surface area contributed by atoms with E-state index in [2.05, 4.69) is 5.32 Å². The minimum absolute atomic E-state index is 0.257. The Hall–Kier alpha value is -1.27. The second-order valence-corrected chi connectivity index (χ2v) is 2.66. The third kappa shape index (κ3) is 2.92. The molecule has 0 bridgehead atoms. The first-order valence-corrected chi connectivity index (χ1v) is 3.52. The van der Waals surface area contributed by atoms with Gasteiger partial charge in [0, 0.05) is 0 Å². The molecule has 7 heteroatoms. The highest BCUT2D eigenvalue weighted by molar-refractivity contribution is 5.94. The summed E-state index contributed by atoms with van der Waals surface area (Å²) in [7, 11) is 0. The first-order valence-electron chi connectivity index (χ1n) is 3.52. The number of amides is 2. The normalized spacial score (nSPS) is 23.8. The molecular weight excluding hydrogens is 189 g/mol. The van der Waals surface area contributed by atoms with Crippen LogP contribution in [-0.2, 0) is 9.59 Å². The van der Waals surface area contributed by atoms with Gasteiger partial charge in [-0.25, -0.2) is 0 Å². The first-order chi connectivity index (χ1) is 5.88. The predicted octanol–water partition coefficient (Wildman–Crippen LogP) is -0.447. The highest BCUT2D eigenvalue weighted by Gasteiger charge is 2.37. The van der Waals surface area contributed by atoms with Crippen LogP contribution >= 0.6 is 0 Å². The third-order valence-electron chi connectivity index (χ3n) is 1.51. The molecule has 0 spiro atoms. The van der Waals surface area contributed by atoms with E-state index < -0.39 is 30.5 Å². The van der Waals surface area contributed by atoms with E-state index in [1.54, 1.807) is 0 Å². The lowest BCUT2D eigenvalue weighted by Crippen LogP contribution is -2.57. The topological polar surface area (TPSA) is 58.2 Å². The number of hydrogen-bond acceptors (Lipinski definition) is 2. The molecular formula is C6H7F3N2O2. The molecule has 1 saturated heterocycles. The number of piperazine rings is 1. The summed E-state index contributed by atoms with van der Waals surface area (Å²) in [5, 5.41) is 4.01. The van der Waals surface area contributed by atoms with E-state index in [0.29, 0.717) is 0 Å². The van der Waals surface area contributed by atoms with Crippen LogP contribution in [0.1, 0.15) is 6.42 Å². The van der Waals surface area contributed by atoms with Crippen LogP contribution < -0.4 is 10.6 Å². The lowest BCUT2D eigenvalue weighted by molar-refractivity contribution is -0.153. The van der Waals surface area contributed by atoms with Gasteiger partial charge in [0.25, 0.3) is 0 Å². The van der Waals surface area contributed by atoms with E-state index in [4.69, 9.17) is 0 Å². The predicted molar refractivity (Wildman–Crippen MR) is 35.6 cm³/mol. The van der Waals surface area contributed by atoms with Gasteiger partial charge in [-0.3, -0.25) is 9.59 Å². The van der Waals surface area contributed by atoms with Crippen molar-refractivity contribution in [3.63, 3.8) is 0 Å². The van der Waals surface area contributed by atoms with Gasteiger partial charge in [-0.05, 0) is 0 Å². The zero-order valence-corrected chi connectivity index (χ0v) is 6.44. The molecule has 0 saturated carbocycles. The zero-order chi connectivity index (χ0) is 10.1. The molecule has 0 aromatic carbocycles. The molecule has 1 aliphatic heterocycles. The summed E-state index contributed by atoms with van der Waals surface area (Å²) in [5.41, 5.74) is 0. The van der Waals surface area contributed by atoms with E-state index in [9.17, 15) is 22.8 Å². The van der Waals surface area contributed by atoms with Crippen LogP contribution in [0, 0.1) is 0 Å². The van der Waals surface area contributed by atoms with Crippen molar-refractivity contribution >= 4 is 11.8 Å². The average Bonchev–Trinajstić information content (AvgIpc) is 1.94. The maximum atomic E-state index is 11.8. The van der Waals surface area contributed by atoms with E-state index in [-0.39, 0.29) is 6.54 Å².